The van der Waals surface area contributed by atoms with Gasteiger partial charge in [-0.2, -0.15) is 5.10 Å². The van der Waals surface area contributed by atoms with Crippen LogP contribution in [-0.4, -0.2) is 28.7 Å². The molecule has 0 radical (unpaired) electrons. The average molecular weight is 296 g/mol. The fourth-order valence-electron chi connectivity index (χ4n) is 1.83. The van der Waals surface area contributed by atoms with Crippen LogP contribution in [0.5, 0.6) is 0 Å². The number of H-pyrrole nitrogens is 1. The van der Waals surface area contributed by atoms with E-state index in [0.29, 0.717) is 5.69 Å². The second-order valence-corrected chi connectivity index (χ2v) is 6.05. The highest BCUT2D eigenvalue weighted by atomic mass is 32.2. The van der Waals surface area contributed by atoms with Crippen molar-refractivity contribution in [3.8, 4) is 0 Å². The molecule has 2 aromatic heterocycles. The van der Waals surface area contributed by atoms with Gasteiger partial charge in [0, 0.05) is 29.7 Å². The number of aliphatic hydroxyl groups is 1. The van der Waals surface area contributed by atoms with Crippen molar-refractivity contribution in [1.82, 2.24) is 19.9 Å². The molecule has 0 bridgehead atoms. The zero-order chi connectivity index (χ0) is 14.8. The lowest BCUT2D eigenvalue weighted by Gasteiger charge is -2.13. The molecule has 0 aliphatic rings. The molecule has 20 heavy (non-hydrogen) atoms. The molecular weight excluding hydrogens is 280 g/mol. The summed E-state index contributed by atoms with van der Waals surface area (Å²) in [6, 6.07) is 3.07. The number of sulfonamides is 1. The fourth-order valence-corrected chi connectivity index (χ4v) is 3.25. The van der Waals surface area contributed by atoms with Gasteiger partial charge >= 0.3 is 0 Å². The van der Waals surface area contributed by atoms with Crippen LogP contribution in [0.25, 0.3) is 0 Å². The molecule has 0 saturated heterocycles. The van der Waals surface area contributed by atoms with Crippen LogP contribution in [-0.2, 0) is 16.6 Å². The predicted octanol–water partition coefficient (Wildman–Crippen LogP) is 0.645. The highest BCUT2D eigenvalue weighted by Crippen LogP contribution is 2.19. The van der Waals surface area contributed by atoms with Crippen molar-refractivity contribution in [3.63, 3.8) is 0 Å². The van der Waals surface area contributed by atoms with Crippen LogP contribution in [0.3, 0.4) is 0 Å². The third kappa shape index (κ3) is 2.87. The minimum Gasteiger partial charge on any atom is -0.392 e. The van der Waals surface area contributed by atoms with Crippen molar-refractivity contribution in [2.24, 2.45) is 0 Å². The molecule has 0 amide bonds. The SMILES string of the molecule is Cc1[nH]nc(S(=O)(=O)NC(C)c2cccnc2)c1CO. The Labute approximate surface area is 117 Å². The second-order valence-electron chi connectivity index (χ2n) is 4.42. The van der Waals surface area contributed by atoms with Crippen LogP contribution in [0.4, 0.5) is 0 Å². The summed E-state index contributed by atoms with van der Waals surface area (Å²) < 4.78 is 27.1. The summed E-state index contributed by atoms with van der Waals surface area (Å²) >= 11 is 0. The Morgan fingerprint density at radius 2 is 2.25 bits per heavy atom. The first-order chi connectivity index (χ1) is 9.45. The van der Waals surface area contributed by atoms with E-state index in [2.05, 4.69) is 19.9 Å². The molecule has 1 atom stereocenters. The maximum atomic E-state index is 12.3. The predicted molar refractivity (Wildman–Crippen MR) is 72.2 cm³/mol. The molecule has 3 N–H and O–H groups in total. The lowest BCUT2D eigenvalue weighted by molar-refractivity contribution is 0.277. The number of rotatable bonds is 5. The summed E-state index contributed by atoms with van der Waals surface area (Å²) in [7, 11) is -3.81. The van der Waals surface area contributed by atoms with E-state index in [9.17, 15) is 13.5 Å². The summed E-state index contributed by atoms with van der Waals surface area (Å²) in [5.41, 5.74) is 1.55. The molecular formula is C12H16N4O3S. The van der Waals surface area contributed by atoms with Crippen LogP contribution in [0.1, 0.15) is 29.8 Å². The second kappa shape index (κ2) is 5.70. The van der Waals surface area contributed by atoms with Gasteiger partial charge in [0.1, 0.15) is 0 Å². The van der Waals surface area contributed by atoms with Crippen molar-refractivity contribution in [1.29, 1.82) is 0 Å². The van der Waals surface area contributed by atoms with E-state index in [1.54, 1.807) is 38.4 Å². The molecule has 0 fully saturated rings. The van der Waals surface area contributed by atoms with Gasteiger partial charge in [-0.1, -0.05) is 6.07 Å². The van der Waals surface area contributed by atoms with Gasteiger partial charge in [0.25, 0.3) is 10.0 Å². The smallest absolute Gasteiger partial charge is 0.260 e. The maximum absolute atomic E-state index is 12.3. The van der Waals surface area contributed by atoms with Crippen LogP contribution in [0.2, 0.25) is 0 Å². The van der Waals surface area contributed by atoms with Crippen molar-refractivity contribution >= 4 is 10.0 Å². The van der Waals surface area contributed by atoms with Crippen molar-refractivity contribution in [2.45, 2.75) is 31.5 Å². The van der Waals surface area contributed by atoms with Gasteiger partial charge in [0.15, 0.2) is 5.03 Å². The average Bonchev–Trinajstić information content (AvgIpc) is 2.81. The van der Waals surface area contributed by atoms with E-state index < -0.39 is 16.1 Å². The first-order valence-corrected chi connectivity index (χ1v) is 7.51. The number of aromatic amines is 1. The van der Waals surface area contributed by atoms with Gasteiger partial charge in [-0.05, 0) is 25.5 Å². The van der Waals surface area contributed by atoms with E-state index in [4.69, 9.17) is 0 Å². The minimum absolute atomic E-state index is 0.173. The Morgan fingerprint density at radius 1 is 1.50 bits per heavy atom. The lowest BCUT2D eigenvalue weighted by Crippen LogP contribution is -2.28. The number of pyridine rings is 1. The number of nitrogens with one attached hydrogen (secondary N) is 2. The quantitative estimate of drug-likeness (QED) is 0.750. The Morgan fingerprint density at radius 3 is 2.85 bits per heavy atom. The molecule has 2 heterocycles. The summed E-state index contributed by atoms with van der Waals surface area (Å²) in [5, 5.41) is 15.4. The molecule has 2 aromatic rings. The molecule has 0 aliphatic heterocycles. The molecule has 2 rings (SSSR count). The van der Waals surface area contributed by atoms with Gasteiger partial charge in [-0.3, -0.25) is 10.1 Å². The molecule has 0 aliphatic carbocycles. The Balaban J connectivity index is 2.28. The first-order valence-electron chi connectivity index (χ1n) is 6.02. The molecule has 108 valence electrons. The zero-order valence-electron chi connectivity index (χ0n) is 11.2. The highest BCUT2D eigenvalue weighted by molar-refractivity contribution is 7.89. The number of nitrogens with zero attached hydrogens (tertiary/aromatic N) is 2. The van der Waals surface area contributed by atoms with Gasteiger partial charge in [-0.25, -0.2) is 13.1 Å². The van der Waals surface area contributed by atoms with Crippen LogP contribution in [0, 0.1) is 6.92 Å². The van der Waals surface area contributed by atoms with Crippen LogP contribution in [0.15, 0.2) is 29.6 Å². The van der Waals surface area contributed by atoms with E-state index in [1.165, 1.54) is 0 Å². The number of hydrogen-bond acceptors (Lipinski definition) is 5. The Hall–Kier alpha value is -1.77. The fraction of sp³-hybridized carbons (Fsp3) is 0.333. The molecule has 1 unspecified atom stereocenters. The normalized spacial score (nSPS) is 13.3. The largest absolute Gasteiger partial charge is 0.392 e. The third-order valence-electron chi connectivity index (χ3n) is 2.96. The molecule has 0 saturated carbocycles. The van der Waals surface area contributed by atoms with E-state index in [0.717, 1.165) is 5.56 Å². The van der Waals surface area contributed by atoms with Crippen molar-refractivity contribution in [2.75, 3.05) is 0 Å². The summed E-state index contributed by atoms with van der Waals surface area (Å²) in [6.45, 7) is 2.98. The van der Waals surface area contributed by atoms with Gasteiger partial charge < -0.3 is 5.11 Å². The number of aryl methyl sites for hydroxylation is 1. The van der Waals surface area contributed by atoms with E-state index >= 15 is 0 Å². The monoisotopic (exact) mass is 296 g/mol. The Bertz CT molecular complexity index is 682. The molecule has 8 heteroatoms. The number of aliphatic hydroxyl groups excluding tert-OH is 1. The van der Waals surface area contributed by atoms with Crippen molar-refractivity contribution < 1.29 is 13.5 Å². The van der Waals surface area contributed by atoms with E-state index in [1.807, 2.05) is 0 Å². The molecule has 7 nitrogen and oxygen atoms in total. The molecule has 0 aromatic carbocycles. The minimum atomic E-state index is -3.81. The maximum Gasteiger partial charge on any atom is 0.260 e. The summed E-state index contributed by atoms with van der Waals surface area (Å²) in [6.07, 6.45) is 3.21. The number of hydrogen-bond donors (Lipinski definition) is 3. The first kappa shape index (κ1) is 14.6. The summed E-state index contributed by atoms with van der Waals surface area (Å²) in [4.78, 5) is 3.95. The third-order valence-corrected chi connectivity index (χ3v) is 4.48. The lowest BCUT2D eigenvalue weighted by atomic mass is 10.2. The van der Waals surface area contributed by atoms with Gasteiger partial charge in [0.05, 0.1) is 6.61 Å². The Kier molecular flexibility index (Phi) is 4.17. The van der Waals surface area contributed by atoms with Gasteiger partial charge in [0.2, 0.25) is 0 Å². The van der Waals surface area contributed by atoms with Crippen molar-refractivity contribution in [3.05, 3.63) is 41.3 Å². The van der Waals surface area contributed by atoms with E-state index in [-0.39, 0.29) is 17.2 Å². The highest BCUT2D eigenvalue weighted by Gasteiger charge is 2.25. The van der Waals surface area contributed by atoms with Gasteiger partial charge in [-0.15, -0.1) is 0 Å². The topological polar surface area (TPSA) is 108 Å². The number of aromatic nitrogens is 3. The standard InChI is InChI=1S/C12H16N4O3S/c1-8(10-4-3-5-13-6-10)16-20(18,19)12-11(7-17)9(2)14-15-12/h3-6,8,16-17H,7H2,1-2H3,(H,14,15). The zero-order valence-corrected chi connectivity index (χ0v) is 12.0. The van der Waals surface area contributed by atoms with Crippen LogP contribution < -0.4 is 4.72 Å². The molecule has 0 spiro atoms. The van der Waals surface area contributed by atoms with Crippen LogP contribution >= 0.6 is 0 Å². The summed E-state index contributed by atoms with van der Waals surface area (Å²) in [5.74, 6) is 0.